The number of nitrogens with zero attached hydrogens (tertiary/aromatic N) is 5. The number of nitrogens with one attached hydrogen (secondary N) is 1. The van der Waals surface area contributed by atoms with Crippen LogP contribution in [-0.4, -0.2) is 84.2 Å². The topological polar surface area (TPSA) is 83.1 Å². The highest BCUT2D eigenvalue weighted by Crippen LogP contribution is 2.44. The van der Waals surface area contributed by atoms with E-state index < -0.39 is 0 Å². The first-order valence-corrected chi connectivity index (χ1v) is 13.2. The summed E-state index contributed by atoms with van der Waals surface area (Å²) in [6, 6.07) is 4.64. The molecule has 3 fully saturated rings. The molecule has 0 unspecified atom stereocenters. The van der Waals surface area contributed by atoms with Gasteiger partial charge >= 0.3 is 0 Å². The van der Waals surface area contributed by atoms with E-state index in [1.54, 1.807) is 6.92 Å². The Hall–Kier alpha value is -3.35. The maximum absolute atomic E-state index is 12.0. The van der Waals surface area contributed by atoms with Crippen LogP contribution in [0.2, 0.25) is 0 Å². The highest BCUT2D eigenvalue weighted by Gasteiger charge is 2.38. The summed E-state index contributed by atoms with van der Waals surface area (Å²) in [5.41, 5.74) is 5.13. The summed E-state index contributed by atoms with van der Waals surface area (Å²) in [4.78, 5) is 28.4. The van der Waals surface area contributed by atoms with E-state index in [0.29, 0.717) is 12.0 Å². The SMILES string of the molecule is CC#CC(=O)N1CC(N2CC[C@H](c3cc4c(c(C)n3)O[C@@H](C)c3c(N5CCOCC5)ccnc3N4)C2)C1. The van der Waals surface area contributed by atoms with Crippen molar-refractivity contribution in [1.29, 1.82) is 0 Å². The second-order valence-electron chi connectivity index (χ2n) is 10.3. The Bertz CT molecular complexity index is 1260. The molecule has 0 spiro atoms. The third kappa shape index (κ3) is 4.49. The molecule has 37 heavy (non-hydrogen) atoms. The first-order chi connectivity index (χ1) is 18.0. The molecular weight excluding hydrogens is 468 g/mol. The Morgan fingerprint density at radius 2 is 2.00 bits per heavy atom. The molecule has 2 aromatic rings. The minimum atomic E-state index is -0.162. The first-order valence-electron chi connectivity index (χ1n) is 13.2. The van der Waals surface area contributed by atoms with E-state index in [9.17, 15) is 4.79 Å². The van der Waals surface area contributed by atoms with Crippen molar-refractivity contribution in [3.05, 3.63) is 35.3 Å². The smallest absolute Gasteiger partial charge is 0.298 e. The fraction of sp³-hybridized carbons (Fsp3) is 0.536. The highest BCUT2D eigenvalue weighted by atomic mass is 16.5. The van der Waals surface area contributed by atoms with E-state index in [0.717, 1.165) is 98.8 Å². The monoisotopic (exact) mass is 502 g/mol. The normalized spacial score (nSPS) is 23.5. The van der Waals surface area contributed by atoms with Crippen molar-refractivity contribution in [2.75, 3.05) is 62.7 Å². The van der Waals surface area contributed by atoms with Crippen LogP contribution in [0, 0.1) is 18.8 Å². The number of rotatable bonds is 3. The van der Waals surface area contributed by atoms with Gasteiger partial charge in [-0.05, 0) is 51.8 Å². The Labute approximate surface area is 218 Å². The molecular formula is C28H34N6O3. The quantitative estimate of drug-likeness (QED) is 0.642. The molecule has 4 aliphatic heterocycles. The fourth-order valence-corrected chi connectivity index (χ4v) is 5.94. The van der Waals surface area contributed by atoms with Gasteiger partial charge in [0.1, 0.15) is 11.9 Å². The number of anilines is 3. The van der Waals surface area contributed by atoms with E-state index >= 15 is 0 Å². The molecule has 0 aromatic carbocycles. The minimum absolute atomic E-state index is 0.0662. The second kappa shape index (κ2) is 9.84. The number of aromatic nitrogens is 2. The van der Waals surface area contributed by atoms with Gasteiger partial charge in [-0.3, -0.25) is 14.7 Å². The van der Waals surface area contributed by atoms with Crippen LogP contribution in [0.4, 0.5) is 17.2 Å². The van der Waals surface area contributed by atoms with Gasteiger partial charge in [-0.1, -0.05) is 5.92 Å². The lowest BCUT2D eigenvalue weighted by atomic mass is 10.0. The number of pyridine rings is 2. The molecule has 1 N–H and O–H groups in total. The predicted molar refractivity (Wildman–Crippen MR) is 141 cm³/mol. The van der Waals surface area contributed by atoms with E-state index in [1.807, 2.05) is 18.0 Å². The number of hydrogen-bond donors (Lipinski definition) is 1. The van der Waals surface area contributed by atoms with Crippen molar-refractivity contribution in [3.8, 4) is 17.6 Å². The number of carbonyl (C=O) groups excluding carboxylic acids is 1. The van der Waals surface area contributed by atoms with Gasteiger partial charge in [0.15, 0.2) is 5.75 Å². The van der Waals surface area contributed by atoms with Crippen LogP contribution in [0.3, 0.4) is 0 Å². The summed E-state index contributed by atoms with van der Waals surface area (Å²) in [5.74, 6) is 7.26. The average Bonchev–Trinajstić information content (AvgIpc) is 3.29. The number of morpholine rings is 1. The number of aryl methyl sites for hydroxylation is 1. The van der Waals surface area contributed by atoms with Crippen LogP contribution in [0.15, 0.2) is 18.3 Å². The number of carbonyl (C=O) groups is 1. The number of ether oxygens (including phenoxy) is 2. The molecule has 9 nitrogen and oxygen atoms in total. The number of hydrogen-bond acceptors (Lipinski definition) is 8. The Kier molecular flexibility index (Phi) is 6.39. The third-order valence-corrected chi connectivity index (χ3v) is 7.97. The molecule has 6 rings (SSSR count). The lowest BCUT2D eigenvalue weighted by Crippen LogP contribution is -2.60. The molecule has 3 saturated heterocycles. The fourth-order valence-electron chi connectivity index (χ4n) is 5.94. The van der Waals surface area contributed by atoms with Crippen molar-refractivity contribution in [1.82, 2.24) is 19.8 Å². The summed E-state index contributed by atoms with van der Waals surface area (Å²) in [5, 5.41) is 3.60. The maximum Gasteiger partial charge on any atom is 0.298 e. The van der Waals surface area contributed by atoms with Crippen molar-refractivity contribution in [2.45, 2.75) is 45.3 Å². The van der Waals surface area contributed by atoms with Gasteiger partial charge < -0.3 is 24.6 Å². The van der Waals surface area contributed by atoms with Crippen molar-refractivity contribution < 1.29 is 14.3 Å². The van der Waals surface area contributed by atoms with Gasteiger partial charge in [-0.25, -0.2) is 4.98 Å². The zero-order valence-electron chi connectivity index (χ0n) is 21.8. The molecule has 194 valence electrons. The molecule has 2 atom stereocenters. The molecule has 0 bridgehead atoms. The summed E-state index contributed by atoms with van der Waals surface area (Å²) in [6.45, 7) is 12.5. The van der Waals surface area contributed by atoms with Crippen LogP contribution in [-0.2, 0) is 9.53 Å². The molecule has 4 aliphatic rings. The minimum Gasteiger partial charge on any atom is -0.482 e. The van der Waals surface area contributed by atoms with Gasteiger partial charge in [-0.2, -0.15) is 0 Å². The summed E-state index contributed by atoms with van der Waals surface area (Å²) >= 11 is 0. The van der Waals surface area contributed by atoms with E-state index in [-0.39, 0.29) is 12.0 Å². The lowest BCUT2D eigenvalue weighted by Gasteiger charge is -2.43. The summed E-state index contributed by atoms with van der Waals surface area (Å²) in [7, 11) is 0. The third-order valence-electron chi connectivity index (χ3n) is 7.97. The van der Waals surface area contributed by atoms with Crippen molar-refractivity contribution in [3.63, 3.8) is 0 Å². The van der Waals surface area contributed by atoms with Gasteiger partial charge in [0.25, 0.3) is 5.91 Å². The summed E-state index contributed by atoms with van der Waals surface area (Å²) < 4.78 is 12.1. The van der Waals surface area contributed by atoms with Gasteiger partial charge in [-0.15, -0.1) is 0 Å². The second-order valence-corrected chi connectivity index (χ2v) is 10.3. The van der Waals surface area contributed by atoms with Crippen molar-refractivity contribution in [2.24, 2.45) is 0 Å². The zero-order chi connectivity index (χ0) is 25.5. The average molecular weight is 503 g/mol. The van der Waals surface area contributed by atoms with Gasteiger partial charge in [0.2, 0.25) is 0 Å². The molecule has 1 amide bonds. The van der Waals surface area contributed by atoms with E-state index in [1.165, 1.54) is 0 Å². The predicted octanol–water partition coefficient (Wildman–Crippen LogP) is 2.84. The zero-order valence-corrected chi connectivity index (χ0v) is 21.8. The first kappa shape index (κ1) is 24.0. The van der Waals surface area contributed by atoms with Crippen molar-refractivity contribution >= 4 is 23.1 Å². The number of likely N-dealkylation sites (tertiary alicyclic amines) is 2. The molecule has 0 aliphatic carbocycles. The number of fused-ring (bicyclic) bond motifs is 2. The van der Waals surface area contributed by atoms with E-state index in [2.05, 4.69) is 46.0 Å². The standard InChI is InChI=1S/C28H34N6O3/c1-4-5-25(35)34-16-21(17-34)33-9-7-20(15-33)22-14-23-27(18(2)30-22)37-19(3)26-24(6-8-29-28(26)31-23)32-10-12-36-13-11-32/h6,8,14,19-21H,7,9-13,15-17H2,1-3H3,(H,29,31)/t19-,20-/m0/s1. The molecule has 9 heteroatoms. The van der Waals surface area contributed by atoms with Gasteiger partial charge in [0.05, 0.1) is 30.2 Å². The Balaban J connectivity index is 1.21. The van der Waals surface area contributed by atoms with Crippen LogP contribution in [0.1, 0.15) is 49.2 Å². The van der Waals surface area contributed by atoms with E-state index in [4.69, 9.17) is 19.4 Å². The Morgan fingerprint density at radius 3 is 2.78 bits per heavy atom. The Morgan fingerprint density at radius 1 is 1.19 bits per heavy atom. The molecule has 0 saturated carbocycles. The molecule has 0 radical (unpaired) electrons. The lowest BCUT2D eigenvalue weighted by molar-refractivity contribution is -0.131. The largest absolute Gasteiger partial charge is 0.482 e. The molecule has 6 heterocycles. The maximum atomic E-state index is 12.0. The van der Waals surface area contributed by atoms with Gasteiger partial charge in [0, 0.05) is 62.3 Å². The van der Waals surface area contributed by atoms with Crippen LogP contribution < -0.4 is 15.0 Å². The highest BCUT2D eigenvalue weighted by molar-refractivity contribution is 5.94. The molecule has 2 aromatic heterocycles. The van der Waals surface area contributed by atoms with Crippen LogP contribution in [0.5, 0.6) is 5.75 Å². The van der Waals surface area contributed by atoms with Crippen LogP contribution >= 0.6 is 0 Å². The summed E-state index contributed by atoms with van der Waals surface area (Å²) in [6.07, 6.45) is 2.76. The van der Waals surface area contributed by atoms with Crippen LogP contribution in [0.25, 0.3) is 0 Å². The number of amides is 1.